The molecule has 1 aromatic rings. The van der Waals surface area contributed by atoms with Gasteiger partial charge < -0.3 is 15.2 Å². The van der Waals surface area contributed by atoms with Gasteiger partial charge in [-0.2, -0.15) is 0 Å². The van der Waals surface area contributed by atoms with Crippen LogP contribution in [0.5, 0.6) is 5.75 Å². The molecule has 4 nitrogen and oxygen atoms in total. The number of nitrogens with two attached hydrogens (primary N) is 1. The number of ether oxygens (including phenoxy) is 2. The van der Waals surface area contributed by atoms with Crippen LogP contribution in [-0.2, 0) is 9.53 Å². The molecule has 0 saturated carbocycles. The average Bonchev–Trinajstić information content (AvgIpc) is 2.47. The number of unbranched alkanes of at least 4 members (excludes halogenated alkanes) is 2. The molecule has 2 N–H and O–H groups in total. The van der Waals surface area contributed by atoms with Gasteiger partial charge in [-0.3, -0.25) is 4.79 Å². The smallest absolute Gasteiger partial charge is 0.323 e. The molecule has 21 heavy (non-hydrogen) atoms. The molecule has 3 atom stereocenters. The van der Waals surface area contributed by atoms with Gasteiger partial charge in [0.2, 0.25) is 0 Å². The SMILES string of the molecule is CCCCC[C@H](OC(=O)[C@H](C)N)[C@H](C)Oc1ccccc1. The highest BCUT2D eigenvalue weighted by Gasteiger charge is 2.24. The molecule has 0 bridgehead atoms. The number of para-hydroxylation sites is 1. The van der Waals surface area contributed by atoms with E-state index in [-0.39, 0.29) is 18.2 Å². The zero-order valence-electron chi connectivity index (χ0n) is 13.2. The van der Waals surface area contributed by atoms with Gasteiger partial charge in [-0.25, -0.2) is 0 Å². The Morgan fingerprint density at radius 1 is 1.19 bits per heavy atom. The van der Waals surface area contributed by atoms with Crippen LogP contribution in [0.3, 0.4) is 0 Å². The predicted octanol–water partition coefficient (Wildman–Crippen LogP) is 3.29. The van der Waals surface area contributed by atoms with Crippen molar-refractivity contribution in [3.8, 4) is 5.75 Å². The van der Waals surface area contributed by atoms with Gasteiger partial charge in [-0.15, -0.1) is 0 Å². The first-order valence-electron chi connectivity index (χ1n) is 7.72. The Hall–Kier alpha value is -1.55. The van der Waals surface area contributed by atoms with Crippen LogP contribution < -0.4 is 10.5 Å². The monoisotopic (exact) mass is 293 g/mol. The van der Waals surface area contributed by atoms with Crippen LogP contribution in [-0.4, -0.2) is 24.2 Å². The molecule has 0 saturated heterocycles. The normalized spacial score (nSPS) is 15.0. The number of esters is 1. The summed E-state index contributed by atoms with van der Waals surface area (Å²) in [4.78, 5) is 11.7. The fourth-order valence-corrected chi connectivity index (χ4v) is 2.03. The third-order valence-electron chi connectivity index (χ3n) is 3.32. The Kier molecular flexibility index (Phi) is 7.83. The highest BCUT2D eigenvalue weighted by atomic mass is 16.6. The standard InChI is InChI=1S/C17H27NO3/c1-4-5-7-12-16(21-17(19)13(2)18)14(3)20-15-10-8-6-9-11-15/h6,8-11,13-14,16H,4-5,7,12,18H2,1-3H3/t13-,14-,16-/m0/s1. The molecular formula is C17H27NO3. The molecule has 1 aromatic carbocycles. The summed E-state index contributed by atoms with van der Waals surface area (Å²) in [5, 5.41) is 0. The van der Waals surface area contributed by atoms with Crippen molar-refractivity contribution in [3.05, 3.63) is 30.3 Å². The lowest BCUT2D eigenvalue weighted by molar-refractivity contribution is -0.155. The van der Waals surface area contributed by atoms with Crippen molar-refractivity contribution >= 4 is 5.97 Å². The minimum Gasteiger partial charge on any atom is -0.487 e. The minimum atomic E-state index is -0.609. The summed E-state index contributed by atoms with van der Waals surface area (Å²) in [6.45, 7) is 5.71. The molecule has 0 aliphatic carbocycles. The average molecular weight is 293 g/mol. The maximum atomic E-state index is 11.7. The molecule has 1 rings (SSSR count). The molecule has 0 amide bonds. The first-order chi connectivity index (χ1) is 10.0. The summed E-state index contributed by atoms with van der Waals surface area (Å²) in [5.41, 5.74) is 5.58. The van der Waals surface area contributed by atoms with Crippen molar-refractivity contribution in [2.24, 2.45) is 5.73 Å². The third kappa shape index (κ3) is 6.63. The molecule has 4 heteroatoms. The van der Waals surface area contributed by atoms with Gasteiger partial charge in [-0.05, 0) is 38.8 Å². The first-order valence-corrected chi connectivity index (χ1v) is 7.72. The molecule has 0 fully saturated rings. The van der Waals surface area contributed by atoms with E-state index in [1.165, 1.54) is 0 Å². The molecule has 0 radical (unpaired) electrons. The second kappa shape index (κ2) is 9.40. The number of carbonyl (C=O) groups excluding carboxylic acids is 1. The van der Waals surface area contributed by atoms with Crippen LogP contribution in [0, 0.1) is 0 Å². The number of benzene rings is 1. The highest BCUT2D eigenvalue weighted by molar-refractivity contribution is 5.75. The largest absolute Gasteiger partial charge is 0.487 e. The molecule has 0 heterocycles. The maximum absolute atomic E-state index is 11.7. The molecule has 0 aliphatic heterocycles. The molecule has 0 aliphatic rings. The lowest BCUT2D eigenvalue weighted by Gasteiger charge is -2.25. The van der Waals surface area contributed by atoms with Crippen LogP contribution in [0.2, 0.25) is 0 Å². The zero-order chi connectivity index (χ0) is 15.7. The molecule has 0 spiro atoms. The Morgan fingerprint density at radius 2 is 1.86 bits per heavy atom. The predicted molar refractivity (Wildman–Crippen MR) is 84.2 cm³/mol. The van der Waals surface area contributed by atoms with Gasteiger partial charge in [0.1, 0.15) is 24.0 Å². The van der Waals surface area contributed by atoms with Crippen LogP contribution in [0.25, 0.3) is 0 Å². The van der Waals surface area contributed by atoms with Gasteiger partial charge in [0.25, 0.3) is 0 Å². The van der Waals surface area contributed by atoms with Gasteiger partial charge in [0.05, 0.1) is 0 Å². The van der Waals surface area contributed by atoms with Crippen LogP contribution in [0.1, 0.15) is 46.5 Å². The summed E-state index contributed by atoms with van der Waals surface area (Å²) in [7, 11) is 0. The number of hydrogen-bond acceptors (Lipinski definition) is 4. The first kappa shape index (κ1) is 17.5. The number of hydrogen-bond donors (Lipinski definition) is 1. The Labute approximate surface area is 127 Å². The van der Waals surface area contributed by atoms with E-state index in [1.807, 2.05) is 37.3 Å². The maximum Gasteiger partial charge on any atom is 0.323 e. The zero-order valence-corrected chi connectivity index (χ0v) is 13.2. The van der Waals surface area contributed by atoms with E-state index in [9.17, 15) is 4.79 Å². The van der Waals surface area contributed by atoms with Crippen molar-refractivity contribution in [1.82, 2.24) is 0 Å². The van der Waals surface area contributed by atoms with E-state index in [0.29, 0.717) is 0 Å². The Bertz CT molecular complexity index is 406. The summed E-state index contributed by atoms with van der Waals surface area (Å²) in [6, 6.07) is 8.96. The van der Waals surface area contributed by atoms with Crippen LogP contribution in [0.15, 0.2) is 30.3 Å². The van der Waals surface area contributed by atoms with Crippen molar-refractivity contribution in [3.63, 3.8) is 0 Å². The van der Waals surface area contributed by atoms with Crippen LogP contribution in [0.4, 0.5) is 0 Å². The Morgan fingerprint density at radius 3 is 2.43 bits per heavy atom. The van der Waals surface area contributed by atoms with E-state index in [2.05, 4.69) is 6.92 Å². The highest BCUT2D eigenvalue weighted by Crippen LogP contribution is 2.18. The van der Waals surface area contributed by atoms with Gasteiger partial charge in [0, 0.05) is 0 Å². The summed E-state index contributed by atoms with van der Waals surface area (Å²) in [5.74, 6) is 0.405. The lowest BCUT2D eigenvalue weighted by Crippen LogP contribution is -2.38. The molecule has 0 unspecified atom stereocenters. The van der Waals surface area contributed by atoms with Crippen LogP contribution >= 0.6 is 0 Å². The molecule has 118 valence electrons. The summed E-state index contributed by atoms with van der Waals surface area (Å²) < 4.78 is 11.4. The fourth-order valence-electron chi connectivity index (χ4n) is 2.03. The van der Waals surface area contributed by atoms with E-state index < -0.39 is 6.04 Å². The van der Waals surface area contributed by atoms with E-state index in [4.69, 9.17) is 15.2 Å². The minimum absolute atomic E-state index is 0.202. The molecule has 0 aromatic heterocycles. The van der Waals surface area contributed by atoms with E-state index >= 15 is 0 Å². The third-order valence-corrected chi connectivity index (χ3v) is 3.32. The second-order valence-corrected chi connectivity index (χ2v) is 5.40. The quantitative estimate of drug-likeness (QED) is 0.560. The fraction of sp³-hybridized carbons (Fsp3) is 0.588. The van der Waals surface area contributed by atoms with E-state index in [0.717, 1.165) is 31.4 Å². The second-order valence-electron chi connectivity index (χ2n) is 5.40. The Balaban J connectivity index is 2.62. The topological polar surface area (TPSA) is 61.5 Å². The van der Waals surface area contributed by atoms with Crippen molar-refractivity contribution < 1.29 is 14.3 Å². The summed E-state index contributed by atoms with van der Waals surface area (Å²) in [6.07, 6.45) is 3.57. The summed E-state index contributed by atoms with van der Waals surface area (Å²) >= 11 is 0. The number of carbonyl (C=O) groups is 1. The van der Waals surface area contributed by atoms with Gasteiger partial charge >= 0.3 is 5.97 Å². The van der Waals surface area contributed by atoms with Crippen molar-refractivity contribution in [2.75, 3.05) is 0 Å². The van der Waals surface area contributed by atoms with Crippen molar-refractivity contribution in [1.29, 1.82) is 0 Å². The lowest BCUT2D eigenvalue weighted by atomic mass is 10.1. The number of rotatable bonds is 9. The van der Waals surface area contributed by atoms with E-state index in [1.54, 1.807) is 6.92 Å². The van der Waals surface area contributed by atoms with Crippen molar-refractivity contribution in [2.45, 2.75) is 64.7 Å². The molecular weight excluding hydrogens is 266 g/mol. The van der Waals surface area contributed by atoms with Gasteiger partial charge in [0.15, 0.2) is 0 Å². The van der Waals surface area contributed by atoms with Gasteiger partial charge in [-0.1, -0.05) is 38.0 Å².